The number of rotatable bonds is 9. The van der Waals surface area contributed by atoms with Crippen LogP contribution in [0.4, 0.5) is 0 Å². The Labute approximate surface area is 105 Å². The molecule has 5 N–H and O–H groups in total. The van der Waals surface area contributed by atoms with E-state index in [1.54, 1.807) is 0 Å². The quantitative estimate of drug-likeness (QED) is 0.354. The molecule has 0 spiro atoms. The summed E-state index contributed by atoms with van der Waals surface area (Å²) < 4.78 is 0. The molecule has 0 aliphatic rings. The van der Waals surface area contributed by atoms with E-state index in [-0.39, 0.29) is 17.7 Å². The number of carbonyl (C=O) groups excluding carboxylic acids is 1. The number of ketones is 1. The van der Waals surface area contributed by atoms with E-state index in [1.807, 2.05) is 27.7 Å². The number of Topliss-reactive ketones (excluding diaryl/α,β-unsaturated/α-hetero) is 1. The van der Waals surface area contributed by atoms with E-state index in [0.717, 1.165) is 12.8 Å². The zero-order valence-corrected chi connectivity index (χ0v) is 11.4. The summed E-state index contributed by atoms with van der Waals surface area (Å²) >= 11 is 0. The lowest BCUT2D eigenvalue weighted by molar-refractivity contribution is -0.124. The van der Waals surface area contributed by atoms with Crippen molar-refractivity contribution in [1.29, 1.82) is 5.31 Å². The zero-order chi connectivity index (χ0) is 13.4. The van der Waals surface area contributed by atoms with Crippen LogP contribution < -0.4 is 16.2 Å². The predicted octanol–water partition coefficient (Wildman–Crippen LogP) is 0.739. The third-order valence-electron chi connectivity index (χ3n) is 2.48. The van der Waals surface area contributed by atoms with Gasteiger partial charge in [0.2, 0.25) is 0 Å². The maximum Gasteiger partial charge on any atom is 0.152 e. The molecule has 0 unspecified atom stereocenters. The van der Waals surface area contributed by atoms with Crippen LogP contribution >= 0.6 is 0 Å². The first kappa shape index (κ1) is 16.1. The summed E-state index contributed by atoms with van der Waals surface area (Å²) in [6, 6.07) is 0.216. The Morgan fingerprint density at radius 2 is 1.94 bits per heavy atom. The van der Waals surface area contributed by atoms with Gasteiger partial charge >= 0.3 is 0 Å². The summed E-state index contributed by atoms with van der Waals surface area (Å²) in [5.41, 5.74) is 5.27. The van der Waals surface area contributed by atoms with Crippen LogP contribution in [0.2, 0.25) is 0 Å². The van der Waals surface area contributed by atoms with Crippen molar-refractivity contribution in [2.45, 2.75) is 52.6 Å². The lowest BCUT2D eigenvalue weighted by Gasteiger charge is -2.22. The molecule has 0 aliphatic carbocycles. The number of hydrogen-bond acceptors (Lipinski definition) is 3. The minimum Gasteiger partial charge on any atom is -0.579 e. The SMILES string of the molecule is CC(C)N[C@@H](CCCN[B-](=N)N)C(=O)C(C)C. The first-order chi connectivity index (χ1) is 7.84. The second-order valence-corrected chi connectivity index (χ2v) is 5.01. The lowest BCUT2D eigenvalue weighted by atomic mass is 9.97. The summed E-state index contributed by atoms with van der Waals surface area (Å²) in [6.07, 6.45) is 1.63. The summed E-state index contributed by atoms with van der Waals surface area (Å²) in [5, 5.41) is 13.2. The fourth-order valence-electron chi connectivity index (χ4n) is 1.68. The van der Waals surface area contributed by atoms with Gasteiger partial charge in [-0.2, -0.15) is 0 Å². The van der Waals surface area contributed by atoms with E-state index in [2.05, 4.69) is 10.5 Å². The van der Waals surface area contributed by atoms with Gasteiger partial charge in [-0.15, -0.1) is 0 Å². The second-order valence-electron chi connectivity index (χ2n) is 5.01. The summed E-state index contributed by atoms with van der Waals surface area (Å²) in [7, 11) is 0. The van der Waals surface area contributed by atoms with E-state index in [0.29, 0.717) is 12.6 Å². The van der Waals surface area contributed by atoms with Crippen LogP contribution in [-0.2, 0) is 4.79 Å². The van der Waals surface area contributed by atoms with E-state index in [9.17, 15) is 4.79 Å². The van der Waals surface area contributed by atoms with Crippen molar-refractivity contribution in [3.05, 3.63) is 0 Å². The molecule has 0 rings (SSSR count). The first-order valence-corrected chi connectivity index (χ1v) is 6.34. The molecule has 0 aliphatic heterocycles. The van der Waals surface area contributed by atoms with Gasteiger partial charge in [0.25, 0.3) is 0 Å². The molecule has 1 atom stereocenters. The van der Waals surface area contributed by atoms with Gasteiger partial charge in [-0.1, -0.05) is 27.7 Å². The zero-order valence-electron chi connectivity index (χ0n) is 11.4. The Balaban J connectivity index is 4.11. The minimum atomic E-state index is -0.729. The van der Waals surface area contributed by atoms with Gasteiger partial charge < -0.3 is 21.5 Å². The normalized spacial score (nSPS) is 12.8. The third kappa shape index (κ3) is 7.91. The molecule has 5 nitrogen and oxygen atoms in total. The second kappa shape index (κ2) is 8.22. The topological polar surface area (TPSA) is 91.0 Å². The Kier molecular flexibility index (Phi) is 7.79. The van der Waals surface area contributed by atoms with E-state index < -0.39 is 6.77 Å². The molecule has 17 heavy (non-hydrogen) atoms. The van der Waals surface area contributed by atoms with E-state index in [4.69, 9.17) is 11.0 Å². The number of carbonyl (C=O) groups is 1. The fraction of sp³-hybridized carbons (Fsp3) is 0.909. The Morgan fingerprint density at radius 3 is 2.35 bits per heavy atom. The maximum atomic E-state index is 12.0. The van der Waals surface area contributed by atoms with Crippen molar-refractivity contribution in [3.8, 4) is 0 Å². The predicted molar refractivity (Wildman–Crippen MR) is 71.8 cm³/mol. The molecule has 0 amide bonds. The molecule has 0 heterocycles. The average molecular weight is 241 g/mol. The van der Waals surface area contributed by atoms with Gasteiger partial charge in [0.05, 0.1) is 6.04 Å². The molecule has 0 bridgehead atoms. The van der Waals surface area contributed by atoms with Crippen LogP contribution in [-0.4, -0.2) is 31.2 Å². The molecule has 0 fully saturated rings. The van der Waals surface area contributed by atoms with Crippen LogP contribution in [0.15, 0.2) is 0 Å². The van der Waals surface area contributed by atoms with Gasteiger partial charge in [0.15, 0.2) is 5.78 Å². The standard InChI is InChI=1S/C11H26BN4O/c1-8(2)11(17)10(16-9(3)4)6-5-7-15-12(13)14/h8-10,13,15-16H,5-7,14H2,1-4H3/q-1/t10-/m0/s1. The van der Waals surface area contributed by atoms with Gasteiger partial charge in [-0.05, 0) is 19.4 Å². The molecule has 0 saturated heterocycles. The van der Waals surface area contributed by atoms with Gasteiger partial charge in [-0.25, -0.2) is 0 Å². The fourth-order valence-corrected chi connectivity index (χ4v) is 1.68. The van der Waals surface area contributed by atoms with Gasteiger partial charge in [0.1, 0.15) is 6.77 Å². The molecule has 0 aromatic rings. The molecule has 100 valence electrons. The highest BCUT2D eigenvalue weighted by Gasteiger charge is 2.20. The summed E-state index contributed by atoms with van der Waals surface area (Å²) in [4.78, 5) is 12.0. The van der Waals surface area contributed by atoms with Crippen molar-refractivity contribution >= 4 is 12.6 Å². The van der Waals surface area contributed by atoms with Crippen LogP contribution in [0.3, 0.4) is 0 Å². The lowest BCUT2D eigenvalue weighted by Crippen LogP contribution is -2.43. The van der Waals surface area contributed by atoms with Crippen LogP contribution in [0.25, 0.3) is 0 Å². The van der Waals surface area contributed by atoms with Crippen molar-refractivity contribution in [1.82, 2.24) is 10.5 Å². The average Bonchev–Trinajstić information content (AvgIpc) is 2.20. The van der Waals surface area contributed by atoms with Crippen LogP contribution in [0.5, 0.6) is 0 Å². The highest BCUT2D eigenvalue weighted by molar-refractivity contribution is 6.36. The Hall–Kier alpha value is -0.905. The van der Waals surface area contributed by atoms with Gasteiger partial charge in [0, 0.05) is 12.0 Å². The molecule has 0 radical (unpaired) electrons. The Bertz CT molecular complexity index is 256. The van der Waals surface area contributed by atoms with Crippen molar-refractivity contribution < 1.29 is 4.79 Å². The van der Waals surface area contributed by atoms with Crippen LogP contribution in [0.1, 0.15) is 40.5 Å². The summed E-state index contributed by atoms with van der Waals surface area (Å²) in [5.74, 6) is 0.312. The summed E-state index contributed by atoms with van der Waals surface area (Å²) in [6.45, 7) is 7.88. The van der Waals surface area contributed by atoms with Gasteiger partial charge in [-0.3, -0.25) is 4.79 Å². The molecular weight excluding hydrogens is 215 g/mol. The number of nitrogens with two attached hydrogens (primary N) is 1. The third-order valence-corrected chi connectivity index (χ3v) is 2.48. The number of hydrogen-bond donors (Lipinski definition) is 4. The number of nitrogens with one attached hydrogen (secondary N) is 3. The molecule has 0 aromatic heterocycles. The van der Waals surface area contributed by atoms with E-state index in [1.165, 1.54) is 0 Å². The van der Waals surface area contributed by atoms with Crippen molar-refractivity contribution in [2.24, 2.45) is 11.6 Å². The van der Waals surface area contributed by atoms with Crippen molar-refractivity contribution in [2.75, 3.05) is 6.54 Å². The van der Waals surface area contributed by atoms with Crippen molar-refractivity contribution in [3.63, 3.8) is 0 Å². The molecule has 6 heteroatoms. The molecule has 0 aromatic carbocycles. The van der Waals surface area contributed by atoms with E-state index >= 15 is 0 Å². The Morgan fingerprint density at radius 1 is 1.35 bits per heavy atom. The molecular formula is C11H26BN4O-. The monoisotopic (exact) mass is 241 g/mol. The smallest absolute Gasteiger partial charge is 0.152 e. The largest absolute Gasteiger partial charge is 0.579 e. The highest BCUT2D eigenvalue weighted by Crippen LogP contribution is 2.06. The first-order valence-electron chi connectivity index (χ1n) is 6.34. The van der Waals surface area contributed by atoms with Crippen LogP contribution in [0, 0.1) is 11.2 Å². The maximum absolute atomic E-state index is 12.0. The highest BCUT2D eigenvalue weighted by atomic mass is 16.1. The molecule has 0 saturated carbocycles. The minimum absolute atomic E-state index is 0.0534.